The molecular formula is C17H30N8O8S. The zero-order valence-electron chi connectivity index (χ0n) is 18.2. The molecule has 192 valence electrons. The molecule has 0 aliphatic carbocycles. The highest BCUT2D eigenvalue weighted by Crippen LogP contribution is 2.00. The number of amides is 4. The van der Waals surface area contributed by atoms with Crippen LogP contribution in [0.1, 0.15) is 19.3 Å². The number of guanidine groups is 1. The van der Waals surface area contributed by atoms with Gasteiger partial charge in [0.25, 0.3) is 0 Å². The summed E-state index contributed by atoms with van der Waals surface area (Å²) in [6.07, 6.45) is -0.422. The van der Waals surface area contributed by atoms with E-state index in [0.29, 0.717) is 6.42 Å². The standard InChI is InChI=1S/C17H30N8O8S/c18-5-11(26)23-8(2-1-3-21-17(19)20)14(30)22-6-12(27)24-9(4-13(28)29)15(31)25-10(7-34)16(32)33/h8-10,34H,1-7,18H2,(H,22,30)(H,23,26)(H,24,27)(H,25,31)(H,28,29)(H,32,33)(H4,19,20,21)/t8-,9-,10-/m0/s1. The van der Waals surface area contributed by atoms with Crippen molar-refractivity contribution in [2.24, 2.45) is 22.2 Å². The molecule has 0 aromatic carbocycles. The third-order valence-electron chi connectivity index (χ3n) is 4.03. The molecule has 0 aliphatic rings. The van der Waals surface area contributed by atoms with E-state index >= 15 is 0 Å². The normalized spacial score (nSPS) is 12.9. The molecule has 16 nitrogen and oxygen atoms in total. The molecule has 34 heavy (non-hydrogen) atoms. The predicted octanol–water partition coefficient (Wildman–Crippen LogP) is -4.94. The van der Waals surface area contributed by atoms with Crippen molar-refractivity contribution in [3.8, 4) is 0 Å². The zero-order valence-corrected chi connectivity index (χ0v) is 19.0. The lowest BCUT2D eigenvalue weighted by molar-refractivity contribution is -0.143. The van der Waals surface area contributed by atoms with Gasteiger partial charge in [-0.05, 0) is 12.8 Å². The van der Waals surface area contributed by atoms with Crippen LogP contribution in [0.15, 0.2) is 4.99 Å². The van der Waals surface area contributed by atoms with Crippen LogP contribution in [-0.4, -0.2) is 95.3 Å². The molecule has 4 amide bonds. The van der Waals surface area contributed by atoms with Crippen LogP contribution in [0.25, 0.3) is 0 Å². The summed E-state index contributed by atoms with van der Waals surface area (Å²) in [5.74, 6) is -6.62. The van der Waals surface area contributed by atoms with Crippen LogP contribution >= 0.6 is 12.6 Å². The number of thiol groups is 1. The van der Waals surface area contributed by atoms with E-state index in [0.717, 1.165) is 0 Å². The number of hydrogen-bond acceptors (Lipinski definition) is 9. The average molecular weight is 507 g/mol. The van der Waals surface area contributed by atoms with Crippen LogP contribution in [0.5, 0.6) is 0 Å². The Bertz CT molecular complexity index is 789. The minimum atomic E-state index is -1.61. The van der Waals surface area contributed by atoms with Crippen molar-refractivity contribution in [3.63, 3.8) is 0 Å². The minimum Gasteiger partial charge on any atom is -0.481 e. The Morgan fingerprint density at radius 2 is 1.50 bits per heavy atom. The van der Waals surface area contributed by atoms with Gasteiger partial charge >= 0.3 is 11.9 Å². The monoisotopic (exact) mass is 506 g/mol. The number of carbonyl (C=O) groups excluding carboxylic acids is 4. The molecule has 0 radical (unpaired) electrons. The van der Waals surface area contributed by atoms with Crippen molar-refractivity contribution in [1.82, 2.24) is 21.3 Å². The van der Waals surface area contributed by atoms with Gasteiger partial charge in [-0.1, -0.05) is 0 Å². The Kier molecular flexibility index (Phi) is 14.4. The van der Waals surface area contributed by atoms with Gasteiger partial charge in [-0.15, -0.1) is 0 Å². The van der Waals surface area contributed by atoms with E-state index in [1.54, 1.807) is 0 Å². The average Bonchev–Trinajstić information content (AvgIpc) is 2.76. The molecule has 0 saturated carbocycles. The second kappa shape index (κ2) is 16.1. The highest BCUT2D eigenvalue weighted by molar-refractivity contribution is 7.80. The van der Waals surface area contributed by atoms with E-state index in [1.807, 2.05) is 0 Å². The fraction of sp³-hybridized carbons (Fsp3) is 0.588. The summed E-state index contributed by atoms with van der Waals surface area (Å²) in [4.78, 5) is 74.2. The highest BCUT2D eigenvalue weighted by atomic mass is 32.1. The summed E-state index contributed by atoms with van der Waals surface area (Å²) in [6, 6.07) is -4.09. The predicted molar refractivity (Wildman–Crippen MR) is 122 cm³/mol. The lowest BCUT2D eigenvalue weighted by atomic mass is 10.1. The summed E-state index contributed by atoms with van der Waals surface area (Å²) in [6.45, 7) is -0.867. The second-order valence-electron chi connectivity index (χ2n) is 6.79. The Hall–Kier alpha value is -3.60. The first-order valence-electron chi connectivity index (χ1n) is 9.88. The molecule has 0 bridgehead atoms. The van der Waals surface area contributed by atoms with E-state index in [1.165, 1.54) is 0 Å². The van der Waals surface area contributed by atoms with Gasteiger partial charge in [0.2, 0.25) is 23.6 Å². The zero-order chi connectivity index (χ0) is 26.3. The molecule has 0 heterocycles. The number of carboxylic acid groups (broad SMARTS) is 2. The van der Waals surface area contributed by atoms with Gasteiger partial charge in [-0.2, -0.15) is 12.6 Å². The molecule has 0 aromatic rings. The third kappa shape index (κ3) is 13.1. The van der Waals surface area contributed by atoms with Gasteiger partial charge in [-0.25, -0.2) is 4.79 Å². The summed E-state index contributed by atoms with van der Waals surface area (Å²) < 4.78 is 0. The maximum absolute atomic E-state index is 12.4. The molecule has 3 atom stereocenters. The Labute approximate surface area is 199 Å². The molecule has 0 aliphatic heterocycles. The number of carboxylic acids is 2. The summed E-state index contributed by atoms with van der Waals surface area (Å²) >= 11 is 3.78. The fourth-order valence-electron chi connectivity index (χ4n) is 2.40. The molecule has 0 fully saturated rings. The Morgan fingerprint density at radius 1 is 0.882 bits per heavy atom. The van der Waals surface area contributed by atoms with Crippen LogP contribution < -0.4 is 38.5 Å². The number of rotatable bonds is 16. The smallest absolute Gasteiger partial charge is 0.327 e. The number of nitrogens with zero attached hydrogens (tertiary/aromatic N) is 1. The Balaban J connectivity index is 5.04. The minimum absolute atomic E-state index is 0.111. The third-order valence-corrected chi connectivity index (χ3v) is 4.40. The summed E-state index contributed by atoms with van der Waals surface area (Å²) in [5.41, 5.74) is 15.7. The van der Waals surface area contributed by atoms with Gasteiger partial charge in [0.15, 0.2) is 5.96 Å². The number of nitrogens with two attached hydrogens (primary N) is 3. The Morgan fingerprint density at radius 3 is 2.00 bits per heavy atom. The lowest BCUT2D eigenvalue weighted by Gasteiger charge is -2.20. The van der Waals surface area contributed by atoms with E-state index in [9.17, 15) is 28.8 Å². The largest absolute Gasteiger partial charge is 0.481 e. The number of aliphatic imine (C=N–C) groups is 1. The lowest BCUT2D eigenvalue weighted by Crippen LogP contribution is -2.55. The van der Waals surface area contributed by atoms with Gasteiger partial charge in [0.05, 0.1) is 19.5 Å². The van der Waals surface area contributed by atoms with Crippen LogP contribution in [0, 0.1) is 0 Å². The van der Waals surface area contributed by atoms with Gasteiger partial charge in [-0.3, -0.25) is 29.0 Å². The van der Waals surface area contributed by atoms with E-state index in [2.05, 4.69) is 38.9 Å². The number of aliphatic carboxylic acids is 2. The van der Waals surface area contributed by atoms with E-state index in [-0.39, 0.29) is 31.2 Å². The first kappa shape index (κ1) is 30.4. The molecular weight excluding hydrogens is 476 g/mol. The molecule has 0 spiro atoms. The molecule has 0 aromatic heterocycles. The molecule has 0 saturated heterocycles. The van der Waals surface area contributed by atoms with Crippen LogP contribution in [0.4, 0.5) is 0 Å². The van der Waals surface area contributed by atoms with Gasteiger partial charge in [0, 0.05) is 12.3 Å². The number of nitrogens with one attached hydrogen (secondary N) is 4. The first-order valence-corrected chi connectivity index (χ1v) is 10.5. The molecule has 12 N–H and O–H groups in total. The van der Waals surface area contributed by atoms with Crippen LogP contribution in [0.2, 0.25) is 0 Å². The SMILES string of the molecule is NCC(=O)N[C@@H](CCCN=C(N)N)C(=O)NCC(=O)N[C@@H](CC(=O)O)C(=O)N[C@@H](CS)C(=O)O. The van der Waals surface area contributed by atoms with Crippen molar-refractivity contribution >= 4 is 54.2 Å². The second-order valence-corrected chi connectivity index (χ2v) is 7.16. The quantitative estimate of drug-likeness (QED) is 0.0409. The highest BCUT2D eigenvalue weighted by Gasteiger charge is 2.28. The van der Waals surface area contributed by atoms with Crippen LogP contribution in [-0.2, 0) is 28.8 Å². The van der Waals surface area contributed by atoms with Gasteiger partial charge < -0.3 is 48.7 Å². The van der Waals surface area contributed by atoms with E-state index in [4.69, 9.17) is 27.4 Å². The van der Waals surface area contributed by atoms with Crippen molar-refractivity contribution < 1.29 is 39.0 Å². The maximum atomic E-state index is 12.4. The van der Waals surface area contributed by atoms with Crippen LogP contribution in [0.3, 0.4) is 0 Å². The first-order chi connectivity index (χ1) is 15.9. The van der Waals surface area contributed by atoms with E-state index < -0.39 is 66.7 Å². The number of hydrogen-bond donors (Lipinski definition) is 10. The van der Waals surface area contributed by atoms with Crippen molar-refractivity contribution in [2.45, 2.75) is 37.4 Å². The molecule has 0 rings (SSSR count). The maximum Gasteiger partial charge on any atom is 0.327 e. The van der Waals surface area contributed by atoms with Crippen molar-refractivity contribution in [2.75, 3.05) is 25.4 Å². The molecule has 17 heteroatoms. The molecule has 0 unspecified atom stereocenters. The van der Waals surface area contributed by atoms with Crippen molar-refractivity contribution in [3.05, 3.63) is 0 Å². The summed E-state index contributed by atoms with van der Waals surface area (Å²) in [5, 5.41) is 26.7. The van der Waals surface area contributed by atoms with Crippen molar-refractivity contribution in [1.29, 1.82) is 0 Å². The van der Waals surface area contributed by atoms with Gasteiger partial charge in [0.1, 0.15) is 18.1 Å². The summed E-state index contributed by atoms with van der Waals surface area (Å²) in [7, 11) is 0. The number of carbonyl (C=O) groups is 6. The fourth-order valence-corrected chi connectivity index (χ4v) is 2.65. The topological polar surface area (TPSA) is 281 Å².